The molecule has 0 aliphatic rings. The molecule has 0 spiro atoms. The van der Waals surface area contributed by atoms with Crippen LogP contribution >= 0.6 is 22.9 Å². The van der Waals surface area contributed by atoms with Crippen LogP contribution in [0.1, 0.15) is 25.6 Å². The van der Waals surface area contributed by atoms with Gasteiger partial charge in [0.05, 0.1) is 12.8 Å². The minimum Gasteiger partial charge on any atom is -0.422 e. The van der Waals surface area contributed by atoms with Crippen molar-refractivity contribution in [2.75, 3.05) is 6.54 Å². The smallest absolute Gasteiger partial charge is 0.353 e. The summed E-state index contributed by atoms with van der Waals surface area (Å²) in [6.45, 7) is -0.236. The van der Waals surface area contributed by atoms with Gasteiger partial charge in [-0.2, -0.15) is 5.10 Å². The highest BCUT2D eigenvalue weighted by Crippen LogP contribution is 2.16. The second kappa shape index (κ2) is 10.3. The normalized spacial score (nSPS) is 10.6. The number of ether oxygens (including phenoxy) is 1. The molecule has 3 aromatic rings. The molecule has 1 heterocycles. The maximum absolute atomic E-state index is 12.0. The summed E-state index contributed by atoms with van der Waals surface area (Å²) in [5.41, 5.74) is 3.37. The Kier molecular flexibility index (Phi) is 7.31. The minimum atomic E-state index is -0.483. The molecule has 0 fully saturated rings. The van der Waals surface area contributed by atoms with Crippen LogP contribution in [0.15, 0.2) is 71.1 Å². The highest BCUT2D eigenvalue weighted by atomic mass is 35.5. The molecule has 0 aliphatic carbocycles. The van der Waals surface area contributed by atoms with Gasteiger partial charge >= 0.3 is 5.97 Å². The van der Waals surface area contributed by atoms with Gasteiger partial charge < -0.3 is 10.1 Å². The van der Waals surface area contributed by atoms with Crippen LogP contribution in [0.3, 0.4) is 0 Å². The molecule has 9 heteroatoms. The van der Waals surface area contributed by atoms with Crippen molar-refractivity contribution in [2.45, 2.75) is 0 Å². The zero-order valence-electron chi connectivity index (χ0n) is 15.5. The van der Waals surface area contributed by atoms with Gasteiger partial charge in [0.2, 0.25) is 0 Å². The third kappa shape index (κ3) is 6.26. The SMILES string of the molecule is O=C(CNC(=O)c1cccc(Cl)c1)N/N=C\c1ccc(OC(=O)c2cccs2)cc1. The fourth-order valence-electron chi connectivity index (χ4n) is 2.28. The van der Waals surface area contributed by atoms with E-state index >= 15 is 0 Å². The zero-order valence-corrected chi connectivity index (χ0v) is 17.1. The van der Waals surface area contributed by atoms with E-state index in [1.54, 1.807) is 60.0 Å². The molecule has 1 aromatic heterocycles. The lowest BCUT2D eigenvalue weighted by atomic mass is 10.2. The number of nitrogens with one attached hydrogen (secondary N) is 2. The summed E-state index contributed by atoms with van der Waals surface area (Å²) in [4.78, 5) is 36.2. The fourth-order valence-corrected chi connectivity index (χ4v) is 3.07. The van der Waals surface area contributed by atoms with Crippen molar-refractivity contribution in [3.63, 3.8) is 0 Å². The predicted molar refractivity (Wildman–Crippen MR) is 115 cm³/mol. The van der Waals surface area contributed by atoms with E-state index in [1.165, 1.54) is 23.6 Å². The lowest BCUT2D eigenvalue weighted by Gasteiger charge is -2.05. The molecule has 0 unspecified atom stereocenters. The van der Waals surface area contributed by atoms with Crippen LogP contribution in [0.2, 0.25) is 5.02 Å². The molecule has 0 atom stereocenters. The van der Waals surface area contributed by atoms with Crippen molar-refractivity contribution in [3.8, 4) is 5.75 Å². The van der Waals surface area contributed by atoms with Gasteiger partial charge in [0, 0.05) is 10.6 Å². The summed E-state index contributed by atoms with van der Waals surface area (Å²) in [7, 11) is 0. The van der Waals surface area contributed by atoms with Gasteiger partial charge in [-0.3, -0.25) is 9.59 Å². The van der Waals surface area contributed by atoms with Gasteiger partial charge in [0.25, 0.3) is 11.8 Å². The Morgan fingerprint density at radius 2 is 1.87 bits per heavy atom. The molecule has 0 saturated carbocycles. The van der Waals surface area contributed by atoms with E-state index in [0.717, 1.165) is 0 Å². The molecular weight excluding hydrogens is 426 g/mol. The molecule has 0 saturated heterocycles. The monoisotopic (exact) mass is 441 g/mol. The number of hydrogen-bond donors (Lipinski definition) is 2. The van der Waals surface area contributed by atoms with Crippen LogP contribution in [-0.4, -0.2) is 30.5 Å². The van der Waals surface area contributed by atoms with Crippen LogP contribution in [0.5, 0.6) is 5.75 Å². The van der Waals surface area contributed by atoms with Crippen LogP contribution in [-0.2, 0) is 4.79 Å². The molecule has 152 valence electrons. The molecule has 0 bridgehead atoms. The highest BCUT2D eigenvalue weighted by molar-refractivity contribution is 7.12. The van der Waals surface area contributed by atoms with Crippen molar-refractivity contribution < 1.29 is 19.1 Å². The van der Waals surface area contributed by atoms with Crippen molar-refractivity contribution in [2.24, 2.45) is 5.10 Å². The quantitative estimate of drug-likeness (QED) is 0.254. The molecule has 30 heavy (non-hydrogen) atoms. The van der Waals surface area contributed by atoms with Gasteiger partial charge in [-0.05, 0) is 59.5 Å². The van der Waals surface area contributed by atoms with Crippen molar-refractivity contribution in [1.82, 2.24) is 10.7 Å². The first kappa shape index (κ1) is 21.2. The number of hydrogen-bond acceptors (Lipinski definition) is 6. The number of benzene rings is 2. The lowest BCUT2D eigenvalue weighted by Crippen LogP contribution is -2.34. The van der Waals surface area contributed by atoms with Gasteiger partial charge in [-0.25, -0.2) is 10.2 Å². The summed E-state index contributed by atoms with van der Waals surface area (Å²) in [6, 6.07) is 16.5. The van der Waals surface area contributed by atoms with Gasteiger partial charge in [-0.15, -0.1) is 11.3 Å². The Morgan fingerprint density at radius 3 is 2.57 bits per heavy atom. The van der Waals surface area contributed by atoms with Crippen LogP contribution in [0, 0.1) is 0 Å². The van der Waals surface area contributed by atoms with E-state index in [1.807, 2.05) is 0 Å². The standard InChI is InChI=1S/C21H16ClN3O4S/c22-16-4-1-3-15(11-16)20(27)23-13-19(26)25-24-12-14-6-8-17(9-7-14)29-21(28)18-5-2-10-30-18/h1-12H,13H2,(H,23,27)(H,25,26)/b24-12-. The largest absolute Gasteiger partial charge is 0.422 e. The second-order valence-corrected chi connectivity index (χ2v) is 7.31. The number of hydrazone groups is 1. The fraction of sp³-hybridized carbons (Fsp3) is 0.0476. The van der Waals surface area contributed by atoms with Crippen LogP contribution in [0.4, 0.5) is 0 Å². The van der Waals surface area contributed by atoms with Gasteiger partial charge in [-0.1, -0.05) is 23.7 Å². The number of carbonyl (C=O) groups excluding carboxylic acids is 3. The zero-order chi connectivity index (χ0) is 21.3. The number of carbonyl (C=O) groups is 3. The first-order valence-electron chi connectivity index (χ1n) is 8.73. The molecule has 2 aromatic carbocycles. The summed E-state index contributed by atoms with van der Waals surface area (Å²) in [5, 5.41) is 8.55. The van der Waals surface area contributed by atoms with Crippen LogP contribution in [0.25, 0.3) is 0 Å². The summed E-state index contributed by atoms with van der Waals surface area (Å²) < 4.78 is 5.26. The van der Waals surface area contributed by atoms with E-state index in [2.05, 4.69) is 15.8 Å². The number of thiophene rings is 1. The molecule has 3 rings (SSSR count). The van der Waals surface area contributed by atoms with E-state index < -0.39 is 17.8 Å². The van der Waals surface area contributed by atoms with E-state index in [0.29, 0.717) is 26.8 Å². The number of amides is 2. The first-order valence-corrected chi connectivity index (χ1v) is 9.98. The van der Waals surface area contributed by atoms with Gasteiger partial charge in [0.1, 0.15) is 10.6 Å². The van der Waals surface area contributed by atoms with Crippen molar-refractivity contribution in [3.05, 3.63) is 87.1 Å². The highest BCUT2D eigenvalue weighted by Gasteiger charge is 2.09. The summed E-state index contributed by atoms with van der Waals surface area (Å²) >= 11 is 7.14. The molecular formula is C21H16ClN3O4S. The van der Waals surface area contributed by atoms with Crippen molar-refractivity contribution in [1.29, 1.82) is 0 Å². The Labute approximate surface area is 181 Å². The number of nitrogens with zero attached hydrogens (tertiary/aromatic N) is 1. The molecule has 2 N–H and O–H groups in total. The first-order chi connectivity index (χ1) is 14.5. The predicted octanol–water partition coefficient (Wildman–Crippen LogP) is 3.50. The number of halogens is 1. The molecule has 0 radical (unpaired) electrons. The average Bonchev–Trinajstić information content (AvgIpc) is 3.28. The number of rotatable bonds is 7. The minimum absolute atomic E-state index is 0.236. The Morgan fingerprint density at radius 1 is 1.07 bits per heavy atom. The Bertz CT molecular complexity index is 1070. The molecule has 7 nitrogen and oxygen atoms in total. The Balaban J connectivity index is 1.43. The van der Waals surface area contributed by atoms with Crippen molar-refractivity contribution >= 4 is 46.9 Å². The van der Waals surface area contributed by atoms with Crippen LogP contribution < -0.4 is 15.5 Å². The number of esters is 1. The van der Waals surface area contributed by atoms with Gasteiger partial charge in [0.15, 0.2) is 0 Å². The maximum Gasteiger partial charge on any atom is 0.353 e. The Hall–Kier alpha value is -3.49. The third-order valence-electron chi connectivity index (χ3n) is 3.71. The summed E-state index contributed by atoms with van der Waals surface area (Å²) in [5.74, 6) is -0.913. The third-order valence-corrected chi connectivity index (χ3v) is 4.80. The lowest BCUT2D eigenvalue weighted by molar-refractivity contribution is -0.120. The van der Waals surface area contributed by atoms with E-state index in [9.17, 15) is 14.4 Å². The second-order valence-electron chi connectivity index (χ2n) is 5.92. The van der Waals surface area contributed by atoms with E-state index in [4.69, 9.17) is 16.3 Å². The maximum atomic E-state index is 12.0. The summed E-state index contributed by atoms with van der Waals surface area (Å²) in [6.07, 6.45) is 1.43. The molecule has 2 amide bonds. The molecule has 0 aliphatic heterocycles. The van der Waals surface area contributed by atoms with E-state index in [-0.39, 0.29) is 6.54 Å². The topological polar surface area (TPSA) is 96.9 Å². The average molecular weight is 442 g/mol.